The molecule has 118 valence electrons. The third kappa shape index (κ3) is 3.23. The Kier molecular flexibility index (Phi) is 4.48. The van der Waals surface area contributed by atoms with Crippen molar-refractivity contribution in [2.45, 2.75) is 32.6 Å². The summed E-state index contributed by atoms with van der Waals surface area (Å²) in [6.07, 6.45) is 5.02. The van der Waals surface area contributed by atoms with Gasteiger partial charge in [0.05, 0.1) is 6.54 Å². The van der Waals surface area contributed by atoms with Crippen LogP contribution in [0.15, 0.2) is 0 Å². The fourth-order valence-electron chi connectivity index (χ4n) is 4.36. The minimum absolute atomic E-state index is 0.0883. The molecule has 21 heavy (non-hydrogen) atoms. The van der Waals surface area contributed by atoms with E-state index in [9.17, 15) is 9.59 Å². The average Bonchev–Trinajstić information content (AvgIpc) is 3.10. The lowest BCUT2D eigenvalue weighted by Crippen LogP contribution is -2.52. The average molecular weight is 293 g/mol. The number of carbonyl (C=O) groups is 2. The molecule has 5 heteroatoms. The Morgan fingerprint density at radius 1 is 1.10 bits per heavy atom. The largest absolute Gasteiger partial charge is 0.355 e. The van der Waals surface area contributed by atoms with Crippen LogP contribution in [0.1, 0.15) is 32.6 Å². The summed E-state index contributed by atoms with van der Waals surface area (Å²) in [6.45, 7) is 6.29. The molecule has 2 saturated carbocycles. The maximum absolute atomic E-state index is 12.6. The van der Waals surface area contributed by atoms with Crippen molar-refractivity contribution in [1.82, 2.24) is 15.1 Å². The number of likely N-dealkylation sites (N-methyl/N-ethyl adjacent to an activating group) is 1. The Morgan fingerprint density at radius 3 is 2.43 bits per heavy atom. The maximum Gasteiger partial charge on any atom is 0.234 e. The number of carbonyl (C=O) groups excluding carboxylic acids is 2. The smallest absolute Gasteiger partial charge is 0.234 e. The van der Waals surface area contributed by atoms with Crippen LogP contribution in [0.3, 0.4) is 0 Å². The van der Waals surface area contributed by atoms with Gasteiger partial charge in [-0.25, -0.2) is 0 Å². The topological polar surface area (TPSA) is 52.7 Å². The van der Waals surface area contributed by atoms with Gasteiger partial charge in [0.15, 0.2) is 0 Å². The van der Waals surface area contributed by atoms with Crippen LogP contribution in [0, 0.1) is 17.8 Å². The van der Waals surface area contributed by atoms with E-state index in [1.165, 1.54) is 19.3 Å². The van der Waals surface area contributed by atoms with Crippen LogP contribution < -0.4 is 5.32 Å². The minimum atomic E-state index is 0.0883. The van der Waals surface area contributed by atoms with Crippen LogP contribution in [0.4, 0.5) is 0 Å². The molecule has 3 fully saturated rings. The number of amides is 2. The van der Waals surface area contributed by atoms with Crippen molar-refractivity contribution in [2.75, 3.05) is 39.3 Å². The van der Waals surface area contributed by atoms with E-state index in [1.807, 2.05) is 11.8 Å². The van der Waals surface area contributed by atoms with Gasteiger partial charge < -0.3 is 10.2 Å². The van der Waals surface area contributed by atoms with Crippen LogP contribution in [0.2, 0.25) is 0 Å². The first-order valence-electron chi connectivity index (χ1n) is 8.45. The van der Waals surface area contributed by atoms with Gasteiger partial charge in [-0.3, -0.25) is 14.5 Å². The van der Waals surface area contributed by atoms with Gasteiger partial charge in [0.2, 0.25) is 11.8 Å². The normalized spacial score (nSPS) is 32.4. The lowest BCUT2D eigenvalue weighted by atomic mass is 9.87. The molecule has 2 bridgehead atoms. The molecule has 3 rings (SSSR count). The quantitative estimate of drug-likeness (QED) is 0.830. The summed E-state index contributed by atoms with van der Waals surface area (Å²) in [5.74, 6) is 2.27. The molecule has 0 aromatic heterocycles. The number of nitrogens with zero attached hydrogens (tertiary/aromatic N) is 2. The molecule has 1 saturated heterocycles. The molecule has 0 unspecified atom stereocenters. The molecule has 1 aliphatic heterocycles. The second-order valence-electron chi connectivity index (χ2n) is 6.84. The molecule has 0 radical (unpaired) electrons. The summed E-state index contributed by atoms with van der Waals surface area (Å²) in [4.78, 5) is 28.4. The molecule has 0 aromatic rings. The monoisotopic (exact) mass is 293 g/mol. The molecule has 5 nitrogen and oxygen atoms in total. The van der Waals surface area contributed by atoms with Crippen molar-refractivity contribution in [3.05, 3.63) is 0 Å². The van der Waals surface area contributed by atoms with E-state index < -0.39 is 0 Å². The van der Waals surface area contributed by atoms with Crippen molar-refractivity contribution in [1.29, 1.82) is 0 Å². The summed E-state index contributed by atoms with van der Waals surface area (Å²) in [7, 11) is 0. The second kappa shape index (κ2) is 6.34. The lowest BCUT2D eigenvalue weighted by Gasteiger charge is -2.37. The van der Waals surface area contributed by atoms with Crippen LogP contribution in [-0.2, 0) is 9.59 Å². The highest BCUT2D eigenvalue weighted by Crippen LogP contribution is 2.48. The summed E-state index contributed by atoms with van der Waals surface area (Å²) >= 11 is 0. The highest BCUT2D eigenvalue weighted by atomic mass is 16.2. The van der Waals surface area contributed by atoms with E-state index in [0.717, 1.165) is 38.5 Å². The van der Waals surface area contributed by atoms with Crippen molar-refractivity contribution < 1.29 is 9.59 Å². The number of nitrogens with one attached hydrogen (secondary N) is 1. The minimum Gasteiger partial charge on any atom is -0.355 e. The lowest BCUT2D eigenvalue weighted by molar-refractivity contribution is -0.139. The first-order valence-corrected chi connectivity index (χ1v) is 8.45. The molecular weight excluding hydrogens is 266 g/mol. The Bertz CT molecular complexity index is 404. The molecule has 0 spiro atoms. The van der Waals surface area contributed by atoms with Gasteiger partial charge >= 0.3 is 0 Å². The van der Waals surface area contributed by atoms with Crippen LogP contribution in [0.5, 0.6) is 0 Å². The Hall–Kier alpha value is -1.10. The number of hydrogen-bond donors (Lipinski definition) is 1. The predicted molar refractivity (Wildman–Crippen MR) is 80.6 cm³/mol. The second-order valence-corrected chi connectivity index (χ2v) is 6.84. The van der Waals surface area contributed by atoms with Crippen LogP contribution in [-0.4, -0.2) is 60.9 Å². The van der Waals surface area contributed by atoms with Gasteiger partial charge in [0.25, 0.3) is 0 Å². The standard InChI is InChI=1S/C16H27N3O2/c1-2-17-15(20)11-18-5-7-19(8-6-18)16(21)14-10-12-3-4-13(14)9-12/h12-14H,2-11H2,1H3,(H,17,20)/t12-,13-,14+/m0/s1. The third-order valence-electron chi connectivity index (χ3n) is 5.48. The zero-order valence-electron chi connectivity index (χ0n) is 13.0. The van der Waals surface area contributed by atoms with Gasteiger partial charge in [-0.05, 0) is 38.0 Å². The summed E-state index contributed by atoms with van der Waals surface area (Å²) in [5, 5.41) is 2.83. The maximum atomic E-state index is 12.6. The van der Waals surface area contributed by atoms with E-state index in [0.29, 0.717) is 30.8 Å². The zero-order chi connectivity index (χ0) is 14.8. The van der Waals surface area contributed by atoms with E-state index in [1.54, 1.807) is 0 Å². The number of piperazine rings is 1. The van der Waals surface area contributed by atoms with Gasteiger partial charge in [-0.15, -0.1) is 0 Å². The first kappa shape index (κ1) is 14.8. The Morgan fingerprint density at radius 2 is 1.86 bits per heavy atom. The summed E-state index contributed by atoms with van der Waals surface area (Å²) in [5.41, 5.74) is 0. The van der Waals surface area contributed by atoms with Crippen molar-refractivity contribution in [3.63, 3.8) is 0 Å². The predicted octanol–water partition coefficient (Wildman–Crippen LogP) is 0.703. The summed E-state index contributed by atoms with van der Waals surface area (Å²) < 4.78 is 0. The number of fused-ring (bicyclic) bond motifs is 2. The fourth-order valence-corrected chi connectivity index (χ4v) is 4.36. The molecule has 0 aromatic carbocycles. The highest BCUT2D eigenvalue weighted by molar-refractivity contribution is 5.80. The zero-order valence-corrected chi connectivity index (χ0v) is 13.0. The molecular formula is C16H27N3O2. The fraction of sp³-hybridized carbons (Fsp3) is 0.875. The Balaban J connectivity index is 1.45. The van der Waals surface area contributed by atoms with E-state index in [2.05, 4.69) is 10.2 Å². The molecule has 3 atom stereocenters. The van der Waals surface area contributed by atoms with Crippen LogP contribution >= 0.6 is 0 Å². The molecule has 2 amide bonds. The van der Waals surface area contributed by atoms with Gasteiger partial charge in [-0.2, -0.15) is 0 Å². The van der Waals surface area contributed by atoms with Gasteiger partial charge in [0.1, 0.15) is 0 Å². The van der Waals surface area contributed by atoms with Crippen molar-refractivity contribution in [2.24, 2.45) is 17.8 Å². The highest BCUT2D eigenvalue weighted by Gasteiger charge is 2.44. The SMILES string of the molecule is CCNC(=O)CN1CCN(C(=O)[C@@H]2C[C@H]3CC[C@H]2C3)CC1. The van der Waals surface area contributed by atoms with Gasteiger partial charge in [0, 0.05) is 38.6 Å². The first-order chi connectivity index (χ1) is 10.2. The number of rotatable bonds is 4. The molecule has 1 heterocycles. The van der Waals surface area contributed by atoms with E-state index in [4.69, 9.17) is 0 Å². The Labute approximate surface area is 127 Å². The molecule has 1 N–H and O–H groups in total. The van der Waals surface area contributed by atoms with Gasteiger partial charge in [-0.1, -0.05) is 6.42 Å². The summed E-state index contributed by atoms with van der Waals surface area (Å²) in [6, 6.07) is 0. The number of hydrogen-bond acceptors (Lipinski definition) is 3. The van der Waals surface area contributed by atoms with Crippen LogP contribution in [0.25, 0.3) is 0 Å². The third-order valence-corrected chi connectivity index (χ3v) is 5.48. The molecule has 2 aliphatic carbocycles. The molecule has 3 aliphatic rings. The van der Waals surface area contributed by atoms with Crippen molar-refractivity contribution >= 4 is 11.8 Å². The van der Waals surface area contributed by atoms with E-state index in [-0.39, 0.29) is 5.91 Å². The van der Waals surface area contributed by atoms with Crippen molar-refractivity contribution in [3.8, 4) is 0 Å². The van der Waals surface area contributed by atoms with E-state index >= 15 is 0 Å².